The smallest absolute Gasteiger partial charge is 0.287 e. The fraction of sp³-hybridized carbons (Fsp3) is 0.878. The van der Waals surface area contributed by atoms with Gasteiger partial charge in [0, 0.05) is 56.8 Å². The van der Waals surface area contributed by atoms with Gasteiger partial charge < -0.3 is 15.1 Å². The molecule has 1 N–H and O–H groups in total. The number of rotatable bonds is 8. The largest absolute Gasteiger partial charge is 0.347 e. The predicted octanol–water partition coefficient (Wildman–Crippen LogP) is 5.45. The molecule has 3 saturated carbocycles. The van der Waals surface area contributed by atoms with E-state index in [0.29, 0.717) is 32.5 Å². The molecule has 0 spiro atoms. The van der Waals surface area contributed by atoms with Crippen LogP contribution >= 0.6 is 0 Å². The summed E-state index contributed by atoms with van der Waals surface area (Å²) in [4.78, 5) is 73.5. The first-order valence-electron chi connectivity index (χ1n) is 20.8. The lowest BCUT2D eigenvalue weighted by Gasteiger charge is -2.46. The van der Waals surface area contributed by atoms with E-state index in [1.165, 1.54) is 0 Å². The van der Waals surface area contributed by atoms with E-state index in [9.17, 15) is 32.4 Å². The Bertz CT molecular complexity index is 1470. The molecule has 3 aliphatic carbocycles. The standard InChI is InChI=1S/C41H65N3O7S/c1-40(2)32-26-44-36(35(32)40)33(46)24-28(37(47)38(48)42-30-17-18-30)15-11-8-6-4-5-7-9-12-16-29(39(44)49)23-31(45)25-41(19-13-10-14-20-41)34-27-43(3)21-22-52(34,50)51/h28-30,32,34-36H,4-27H2,1-3H3,(H,42,48)/t28-,29-,32+,34-,35+,36-/m1/s1. The van der Waals surface area contributed by atoms with Gasteiger partial charge >= 0.3 is 0 Å². The molecular weight excluding hydrogens is 679 g/mol. The van der Waals surface area contributed by atoms with Gasteiger partial charge in [0.2, 0.25) is 11.7 Å². The zero-order valence-electron chi connectivity index (χ0n) is 32.2. The second-order valence-electron chi connectivity index (χ2n) is 18.4. The quantitative estimate of drug-likeness (QED) is 0.324. The van der Waals surface area contributed by atoms with Crippen molar-refractivity contribution in [3.8, 4) is 0 Å². The SMILES string of the molecule is CN1CCS(=O)(=O)[C@@H](C2(CC(=O)C[C@H]3CCCCCCCCCC[C@@H](C(=O)C(=O)NC4CC4)CC(=O)[C@@H]4[C@@H]5[C@H](CN4C3=O)C5(C)C)CCCCC2)C1. The van der Waals surface area contributed by atoms with Crippen LogP contribution in [-0.4, -0.2) is 97.2 Å². The van der Waals surface area contributed by atoms with Crippen LogP contribution in [0, 0.1) is 34.5 Å². The summed E-state index contributed by atoms with van der Waals surface area (Å²) in [5.74, 6) is -2.37. The number of hydrogen-bond donors (Lipinski definition) is 1. The molecule has 52 heavy (non-hydrogen) atoms. The minimum Gasteiger partial charge on any atom is -0.347 e. The van der Waals surface area contributed by atoms with Crippen molar-refractivity contribution in [1.82, 2.24) is 15.1 Å². The molecule has 6 rings (SSSR count). The van der Waals surface area contributed by atoms with Gasteiger partial charge in [-0.1, -0.05) is 84.5 Å². The minimum absolute atomic E-state index is 0.00238. The normalized spacial score (nSPS) is 34.4. The molecule has 6 atom stereocenters. The van der Waals surface area contributed by atoms with E-state index >= 15 is 0 Å². The molecular formula is C41H65N3O7S. The molecule has 3 saturated heterocycles. The van der Waals surface area contributed by atoms with Crippen molar-refractivity contribution in [1.29, 1.82) is 0 Å². The third kappa shape index (κ3) is 8.87. The summed E-state index contributed by atoms with van der Waals surface area (Å²) in [6.45, 7) is 5.71. The molecule has 0 aromatic heterocycles. The number of sulfone groups is 1. The zero-order valence-corrected chi connectivity index (χ0v) is 33.0. The molecule has 0 bridgehead atoms. The number of ketones is 3. The number of Topliss-reactive ketones (excluding diaryl/α,β-unsaturated/α-hetero) is 3. The minimum atomic E-state index is -3.35. The highest BCUT2D eigenvalue weighted by Gasteiger charge is 2.69. The van der Waals surface area contributed by atoms with Gasteiger partial charge in [0.05, 0.1) is 17.0 Å². The van der Waals surface area contributed by atoms with Crippen LogP contribution < -0.4 is 5.32 Å². The van der Waals surface area contributed by atoms with Crippen molar-refractivity contribution in [2.45, 2.75) is 160 Å². The number of nitrogens with one attached hydrogen (secondary N) is 1. The van der Waals surface area contributed by atoms with E-state index in [0.717, 1.165) is 96.3 Å². The van der Waals surface area contributed by atoms with Crippen molar-refractivity contribution in [3.05, 3.63) is 0 Å². The Morgan fingerprint density at radius 2 is 1.44 bits per heavy atom. The maximum atomic E-state index is 14.7. The fourth-order valence-electron chi connectivity index (χ4n) is 10.7. The molecule has 3 heterocycles. The molecule has 0 radical (unpaired) electrons. The fourth-order valence-corrected chi connectivity index (χ4v) is 13.1. The predicted molar refractivity (Wildman–Crippen MR) is 200 cm³/mol. The number of nitrogens with zero attached hydrogens (tertiary/aromatic N) is 2. The number of fused-ring (bicyclic) bond motifs is 3. The van der Waals surface area contributed by atoms with Crippen LogP contribution in [0.15, 0.2) is 0 Å². The topological polar surface area (TPSA) is 138 Å². The number of piperidine rings is 1. The number of amides is 2. The lowest BCUT2D eigenvalue weighted by molar-refractivity contribution is -0.146. The molecule has 0 aromatic rings. The van der Waals surface area contributed by atoms with E-state index in [1.54, 1.807) is 4.90 Å². The number of hydrogen-bond acceptors (Lipinski definition) is 8. The molecule has 6 fully saturated rings. The second kappa shape index (κ2) is 16.3. The van der Waals surface area contributed by atoms with Crippen LogP contribution in [0.3, 0.4) is 0 Å². The van der Waals surface area contributed by atoms with Gasteiger partial charge in [-0.15, -0.1) is 0 Å². The Morgan fingerprint density at radius 3 is 2.10 bits per heavy atom. The van der Waals surface area contributed by atoms with Gasteiger partial charge in [-0.2, -0.15) is 0 Å². The third-order valence-electron chi connectivity index (χ3n) is 14.2. The molecule has 11 heteroatoms. The Morgan fingerprint density at radius 1 is 0.827 bits per heavy atom. The van der Waals surface area contributed by atoms with Crippen LogP contribution in [0.5, 0.6) is 0 Å². The lowest BCUT2D eigenvalue weighted by Crippen LogP contribution is -2.54. The highest BCUT2D eigenvalue weighted by atomic mass is 32.2. The summed E-state index contributed by atoms with van der Waals surface area (Å²) in [7, 11) is -1.39. The summed E-state index contributed by atoms with van der Waals surface area (Å²) in [5, 5.41) is 2.25. The van der Waals surface area contributed by atoms with Gasteiger partial charge in [0.25, 0.3) is 5.91 Å². The van der Waals surface area contributed by atoms with Crippen molar-refractivity contribution >= 4 is 39.0 Å². The van der Waals surface area contributed by atoms with Crippen LogP contribution in [0.25, 0.3) is 0 Å². The lowest BCUT2D eigenvalue weighted by atomic mass is 9.67. The molecule has 0 unspecified atom stereocenters. The average Bonchev–Trinajstić information content (AvgIpc) is 3.95. The molecule has 6 aliphatic rings. The molecule has 292 valence electrons. The van der Waals surface area contributed by atoms with Crippen LogP contribution in [0.4, 0.5) is 0 Å². The average molecular weight is 744 g/mol. The van der Waals surface area contributed by atoms with Crippen LogP contribution in [-0.2, 0) is 33.8 Å². The van der Waals surface area contributed by atoms with E-state index in [2.05, 4.69) is 24.1 Å². The van der Waals surface area contributed by atoms with Gasteiger partial charge in [0.15, 0.2) is 15.6 Å². The molecule has 0 aromatic carbocycles. The maximum Gasteiger partial charge on any atom is 0.287 e. The highest BCUT2D eigenvalue weighted by molar-refractivity contribution is 7.92. The van der Waals surface area contributed by atoms with Gasteiger partial charge in [0.1, 0.15) is 5.78 Å². The first-order valence-corrected chi connectivity index (χ1v) is 22.5. The van der Waals surface area contributed by atoms with Gasteiger partial charge in [-0.25, -0.2) is 8.42 Å². The summed E-state index contributed by atoms with van der Waals surface area (Å²) >= 11 is 0. The summed E-state index contributed by atoms with van der Waals surface area (Å²) in [5.41, 5.74) is -0.704. The maximum absolute atomic E-state index is 14.7. The van der Waals surface area contributed by atoms with Crippen LogP contribution in [0.2, 0.25) is 0 Å². The van der Waals surface area contributed by atoms with Crippen molar-refractivity contribution in [3.63, 3.8) is 0 Å². The van der Waals surface area contributed by atoms with Crippen molar-refractivity contribution < 1.29 is 32.4 Å². The molecule has 10 nitrogen and oxygen atoms in total. The van der Waals surface area contributed by atoms with Crippen molar-refractivity contribution in [2.24, 2.45) is 34.5 Å². The summed E-state index contributed by atoms with van der Waals surface area (Å²) < 4.78 is 27.0. The zero-order chi connectivity index (χ0) is 37.3. The van der Waals surface area contributed by atoms with Crippen molar-refractivity contribution in [2.75, 3.05) is 32.4 Å². The number of carbonyl (C=O) groups excluding carboxylic acids is 5. The molecule has 3 aliphatic heterocycles. The second-order valence-corrected chi connectivity index (χ2v) is 20.7. The van der Waals surface area contributed by atoms with E-state index < -0.39 is 50.1 Å². The Balaban J connectivity index is 1.23. The van der Waals surface area contributed by atoms with Gasteiger partial charge in [-0.05, 0) is 68.2 Å². The van der Waals surface area contributed by atoms with Crippen LogP contribution in [0.1, 0.15) is 142 Å². The number of carbonyl (C=O) groups is 5. The first-order chi connectivity index (χ1) is 24.7. The Hall–Kier alpha value is -2.14. The third-order valence-corrected chi connectivity index (χ3v) is 16.5. The van der Waals surface area contributed by atoms with E-state index in [1.807, 2.05) is 7.05 Å². The van der Waals surface area contributed by atoms with Gasteiger partial charge in [-0.3, -0.25) is 24.0 Å². The monoisotopic (exact) mass is 743 g/mol. The van der Waals surface area contributed by atoms with E-state index in [4.69, 9.17) is 0 Å². The Labute approximate surface area is 312 Å². The first kappa shape index (κ1) is 39.6. The Kier molecular flexibility index (Phi) is 12.4. The molecule has 2 amide bonds. The summed E-state index contributed by atoms with van der Waals surface area (Å²) in [6, 6.07) is -0.602. The van der Waals surface area contributed by atoms with E-state index in [-0.39, 0.29) is 65.8 Å². The highest BCUT2D eigenvalue weighted by Crippen LogP contribution is 2.65. The summed E-state index contributed by atoms with van der Waals surface area (Å²) in [6.07, 6.45) is 15.1.